The summed E-state index contributed by atoms with van der Waals surface area (Å²) >= 11 is 0. The van der Waals surface area contributed by atoms with E-state index in [2.05, 4.69) is 11.3 Å². The number of esters is 1. The molecule has 0 bridgehead atoms. The van der Waals surface area contributed by atoms with Crippen LogP contribution < -0.4 is 0 Å². The number of carbonyl (C=O) groups excluding carboxylic acids is 1. The first-order valence-electron chi connectivity index (χ1n) is 10.3. The van der Waals surface area contributed by atoms with Crippen molar-refractivity contribution in [2.24, 2.45) is 0 Å². The predicted molar refractivity (Wildman–Crippen MR) is 98.1 cm³/mol. The SMILES string of the molecule is C=C(C)C(=O)OC(F)(F)C(F)(F)C(F)(F)C(F)(F)N(C)S(=O)(=O)C(F)(F)C(F)(F)C(F)(F)C(F)(F)C(F)(F)C(F)(F)C(F)(F)C(F)(F)F. The lowest BCUT2D eigenvalue weighted by atomic mass is 9.91. The van der Waals surface area contributed by atoms with Crippen molar-refractivity contribution in [1.29, 1.82) is 0 Å². The highest BCUT2D eigenvalue weighted by atomic mass is 32.2. The molecule has 0 atom stereocenters. The van der Waals surface area contributed by atoms with Crippen molar-refractivity contribution in [2.75, 3.05) is 7.05 Å². The van der Waals surface area contributed by atoms with Gasteiger partial charge in [0.15, 0.2) is 0 Å². The number of hydrogen-bond acceptors (Lipinski definition) is 4. The molecule has 0 unspecified atom stereocenters. The zero-order valence-electron chi connectivity index (χ0n) is 21.6. The topological polar surface area (TPSA) is 63.7 Å². The minimum atomic E-state index is -9.50. The van der Waals surface area contributed by atoms with Crippen molar-refractivity contribution in [2.45, 2.75) is 77.9 Å². The molecule has 0 aromatic rings. The summed E-state index contributed by atoms with van der Waals surface area (Å²) in [6.07, 6.45) is -15.5. The molecule has 0 N–H and O–H groups in total. The molecule has 0 radical (unpaired) electrons. The second-order valence-corrected chi connectivity index (χ2v) is 10.8. The first-order chi connectivity index (χ1) is 20.2. The molecule has 0 rings (SSSR count). The molecule has 0 spiro atoms. The lowest BCUT2D eigenvalue weighted by Gasteiger charge is -2.43. The number of ether oxygens (including phenoxy) is 1. The molecule has 0 saturated heterocycles. The fourth-order valence-electron chi connectivity index (χ4n) is 2.47. The number of hydrogen-bond donors (Lipinski definition) is 0. The molecule has 0 heterocycles. The van der Waals surface area contributed by atoms with Crippen LogP contribution >= 0.6 is 0 Å². The average Bonchev–Trinajstić information content (AvgIpc) is 2.85. The van der Waals surface area contributed by atoms with Crippen molar-refractivity contribution >= 4 is 16.0 Å². The van der Waals surface area contributed by atoms with Crippen LogP contribution in [0.1, 0.15) is 6.92 Å². The quantitative estimate of drug-likeness (QED) is 0.0780. The smallest absolute Gasteiger partial charge is 0.393 e. The number of sulfonamides is 1. The monoisotopic (exact) mass is 797 g/mol. The molecule has 48 heavy (non-hydrogen) atoms. The van der Waals surface area contributed by atoms with Crippen LogP contribution in [0.5, 0.6) is 0 Å². The third-order valence-electron chi connectivity index (χ3n) is 5.48. The molecule has 0 aliphatic carbocycles. The van der Waals surface area contributed by atoms with E-state index in [-0.39, 0.29) is 6.92 Å². The van der Waals surface area contributed by atoms with Gasteiger partial charge < -0.3 is 4.74 Å². The second kappa shape index (κ2) is 11.5. The molecule has 0 aliphatic heterocycles. The van der Waals surface area contributed by atoms with Crippen LogP contribution in [0.4, 0.5) is 110 Å². The van der Waals surface area contributed by atoms with Crippen molar-refractivity contribution in [3.05, 3.63) is 12.2 Å². The van der Waals surface area contributed by atoms with Gasteiger partial charge in [-0.2, -0.15) is 110 Å². The van der Waals surface area contributed by atoms with Gasteiger partial charge in [-0.25, -0.2) is 13.2 Å². The van der Waals surface area contributed by atoms with Gasteiger partial charge in [0, 0.05) is 12.6 Å². The Kier molecular flexibility index (Phi) is 10.8. The third kappa shape index (κ3) is 5.65. The van der Waals surface area contributed by atoms with Gasteiger partial charge in [0.1, 0.15) is 0 Å². The van der Waals surface area contributed by atoms with Crippen molar-refractivity contribution in [3.63, 3.8) is 0 Å². The Morgan fingerprint density at radius 2 is 0.812 bits per heavy atom. The van der Waals surface area contributed by atoms with E-state index in [9.17, 15) is 123 Å². The predicted octanol–water partition coefficient (Wildman–Crippen LogP) is 7.79. The van der Waals surface area contributed by atoms with Crippen LogP contribution in [0, 0.1) is 0 Å². The summed E-state index contributed by atoms with van der Waals surface area (Å²) in [5, 5.41) is -8.97. The van der Waals surface area contributed by atoms with Crippen LogP contribution in [-0.4, -0.2) is 96.7 Å². The Bertz CT molecular complexity index is 1360. The van der Waals surface area contributed by atoms with Crippen molar-refractivity contribution in [1.82, 2.24) is 4.31 Å². The molecular weight excluding hydrogens is 789 g/mol. The summed E-state index contributed by atoms with van der Waals surface area (Å²) in [6, 6.07) is -8.18. The first-order valence-corrected chi connectivity index (χ1v) is 11.8. The van der Waals surface area contributed by atoms with Crippen molar-refractivity contribution in [3.8, 4) is 0 Å². The van der Waals surface area contributed by atoms with Gasteiger partial charge in [0.05, 0.1) is 0 Å². The molecule has 31 heteroatoms. The summed E-state index contributed by atoms with van der Waals surface area (Å²) in [7, 11) is -11.2. The van der Waals surface area contributed by atoms with Gasteiger partial charge in [-0.05, 0) is 6.92 Å². The Morgan fingerprint density at radius 3 is 1.10 bits per heavy atom. The van der Waals surface area contributed by atoms with E-state index in [0.29, 0.717) is 0 Å². The third-order valence-corrected chi connectivity index (χ3v) is 7.33. The second-order valence-electron chi connectivity index (χ2n) is 8.81. The van der Waals surface area contributed by atoms with Gasteiger partial charge in [-0.1, -0.05) is 6.58 Å². The Balaban J connectivity index is 7.38. The van der Waals surface area contributed by atoms with E-state index in [1.807, 2.05) is 0 Å². The fraction of sp³-hybridized carbons (Fsp3) is 0.824. The zero-order valence-corrected chi connectivity index (χ0v) is 22.5. The van der Waals surface area contributed by atoms with Gasteiger partial charge in [0.25, 0.3) is 10.0 Å². The minimum Gasteiger partial charge on any atom is -0.393 e. The van der Waals surface area contributed by atoms with E-state index < -0.39 is 104 Å². The Hall–Kier alpha value is -2.63. The lowest BCUT2D eigenvalue weighted by molar-refractivity contribution is -0.458. The van der Waals surface area contributed by atoms with Crippen LogP contribution in [-0.2, 0) is 19.6 Å². The van der Waals surface area contributed by atoms with Crippen LogP contribution in [0.3, 0.4) is 0 Å². The standard InChI is InChI=1S/C17H8F25NO4S/c1-4(2)5(44)47-16(39,40)12(30,31)11(28,29)15(37,38)43(3)48(45,46)17(41,42)13(32,33)9(24,25)7(20,21)6(18,19)8(22,23)10(26,27)14(34,35)36/h1H2,2-3H3. The first kappa shape index (κ1) is 45.4. The number of halogens is 25. The molecule has 5 nitrogen and oxygen atoms in total. The number of carbonyl (C=O) groups is 1. The van der Waals surface area contributed by atoms with E-state index in [4.69, 9.17) is 0 Å². The van der Waals surface area contributed by atoms with Crippen molar-refractivity contribution < 1.29 is 128 Å². The van der Waals surface area contributed by atoms with Gasteiger partial charge in [-0.3, -0.25) is 0 Å². The Labute approximate surface area is 246 Å². The molecule has 286 valence electrons. The molecule has 0 fully saturated rings. The maximum atomic E-state index is 14.2. The summed E-state index contributed by atoms with van der Waals surface area (Å²) < 4.78 is 359. The molecule has 0 aromatic heterocycles. The normalized spacial score (nSPS) is 16.3. The van der Waals surface area contributed by atoms with Gasteiger partial charge in [-0.15, -0.1) is 4.31 Å². The van der Waals surface area contributed by atoms with E-state index in [1.165, 1.54) is 0 Å². The summed E-state index contributed by atoms with van der Waals surface area (Å²) in [4.78, 5) is 10.9. The summed E-state index contributed by atoms with van der Waals surface area (Å²) in [6.45, 7) is 2.69. The summed E-state index contributed by atoms with van der Waals surface area (Å²) in [5.74, 6) is -74.9. The fourth-order valence-corrected chi connectivity index (χ4v) is 3.68. The van der Waals surface area contributed by atoms with Crippen LogP contribution in [0.15, 0.2) is 12.2 Å². The average molecular weight is 797 g/mol. The van der Waals surface area contributed by atoms with E-state index >= 15 is 0 Å². The maximum Gasteiger partial charge on any atom is 0.473 e. The largest absolute Gasteiger partial charge is 0.473 e. The van der Waals surface area contributed by atoms with Crippen LogP contribution in [0.25, 0.3) is 0 Å². The molecule has 0 aliphatic rings. The van der Waals surface area contributed by atoms with Crippen LogP contribution in [0.2, 0.25) is 0 Å². The highest BCUT2D eigenvalue weighted by molar-refractivity contribution is 7.90. The molecular formula is C17H8F25NO4S. The van der Waals surface area contributed by atoms with Gasteiger partial charge >= 0.3 is 76.9 Å². The maximum absolute atomic E-state index is 14.2. The molecule has 0 amide bonds. The minimum absolute atomic E-state index is 0.282. The zero-order chi connectivity index (χ0) is 39.9. The molecule has 0 saturated carbocycles. The molecule has 0 aromatic carbocycles. The highest BCUT2D eigenvalue weighted by Gasteiger charge is 2.97. The number of nitrogens with zero attached hydrogens (tertiary/aromatic N) is 1. The lowest BCUT2D eigenvalue weighted by Crippen LogP contribution is -2.76. The van der Waals surface area contributed by atoms with E-state index in [0.717, 1.165) is 0 Å². The summed E-state index contributed by atoms with van der Waals surface area (Å²) in [5.41, 5.74) is -1.43. The van der Waals surface area contributed by atoms with Gasteiger partial charge in [0.2, 0.25) is 0 Å². The number of rotatable bonds is 14. The number of alkyl halides is 25. The Morgan fingerprint density at radius 1 is 0.521 bits per heavy atom. The highest BCUT2D eigenvalue weighted by Crippen LogP contribution is 2.65. The van der Waals surface area contributed by atoms with E-state index in [1.54, 1.807) is 0 Å².